The van der Waals surface area contributed by atoms with E-state index in [4.69, 9.17) is 15.2 Å². The van der Waals surface area contributed by atoms with Crippen molar-refractivity contribution in [2.24, 2.45) is 0 Å². The minimum atomic E-state index is -0.0629. The van der Waals surface area contributed by atoms with Gasteiger partial charge in [0.2, 0.25) is 6.79 Å². The largest absolute Gasteiger partial charge is 0.454 e. The molecule has 1 aliphatic rings. The number of hydrogen-bond acceptors (Lipinski definition) is 5. The molecule has 0 saturated heterocycles. The van der Waals surface area contributed by atoms with Crippen molar-refractivity contribution in [3.05, 3.63) is 17.7 Å². The Bertz CT molecular complexity index is 517. The van der Waals surface area contributed by atoms with Gasteiger partial charge in [0.1, 0.15) is 0 Å². The number of carbonyl (C=O) groups is 1. The molecular formula is C15H23N3O3. The third kappa shape index (κ3) is 3.58. The summed E-state index contributed by atoms with van der Waals surface area (Å²) < 4.78 is 10.6. The summed E-state index contributed by atoms with van der Waals surface area (Å²) in [6.45, 7) is 4.45. The van der Waals surface area contributed by atoms with Crippen molar-refractivity contribution in [1.29, 1.82) is 0 Å². The molecule has 1 aromatic carbocycles. The number of nitrogens with zero attached hydrogens (tertiary/aromatic N) is 2. The first-order valence-corrected chi connectivity index (χ1v) is 7.16. The fourth-order valence-corrected chi connectivity index (χ4v) is 2.29. The lowest BCUT2D eigenvalue weighted by molar-refractivity contribution is 0.0760. The molecule has 0 aromatic heterocycles. The molecule has 0 spiro atoms. The minimum absolute atomic E-state index is 0.0629. The monoisotopic (exact) mass is 293 g/mol. The van der Waals surface area contributed by atoms with E-state index in [1.807, 2.05) is 21.0 Å². The summed E-state index contributed by atoms with van der Waals surface area (Å²) in [6, 6.07) is 3.33. The van der Waals surface area contributed by atoms with Crippen molar-refractivity contribution >= 4 is 11.6 Å². The van der Waals surface area contributed by atoms with E-state index in [2.05, 4.69) is 4.90 Å². The molecule has 6 nitrogen and oxygen atoms in total. The predicted molar refractivity (Wildman–Crippen MR) is 81.7 cm³/mol. The van der Waals surface area contributed by atoms with Crippen molar-refractivity contribution in [2.75, 3.05) is 46.3 Å². The molecule has 1 amide bonds. The van der Waals surface area contributed by atoms with Crippen LogP contribution in [0.15, 0.2) is 12.1 Å². The molecule has 1 aliphatic heterocycles. The number of fused-ring (bicyclic) bond motifs is 1. The smallest absolute Gasteiger partial charge is 0.256 e. The summed E-state index contributed by atoms with van der Waals surface area (Å²) in [6.07, 6.45) is 0.928. The molecule has 2 N–H and O–H groups in total. The van der Waals surface area contributed by atoms with E-state index >= 15 is 0 Å². The zero-order chi connectivity index (χ0) is 15.4. The third-order valence-corrected chi connectivity index (χ3v) is 3.48. The van der Waals surface area contributed by atoms with Crippen molar-refractivity contribution in [3.63, 3.8) is 0 Å². The van der Waals surface area contributed by atoms with Crippen LogP contribution in [0.2, 0.25) is 0 Å². The number of amides is 1. The number of ether oxygens (including phenoxy) is 2. The number of benzene rings is 1. The Balaban J connectivity index is 2.10. The van der Waals surface area contributed by atoms with Crippen molar-refractivity contribution < 1.29 is 14.3 Å². The third-order valence-electron chi connectivity index (χ3n) is 3.48. The van der Waals surface area contributed by atoms with E-state index in [0.29, 0.717) is 35.8 Å². The molecular weight excluding hydrogens is 270 g/mol. The second-order valence-electron chi connectivity index (χ2n) is 5.33. The number of hydrogen-bond donors (Lipinski definition) is 1. The number of nitrogens with two attached hydrogens (primary N) is 1. The maximum atomic E-state index is 12.6. The average molecular weight is 293 g/mol. The van der Waals surface area contributed by atoms with Crippen LogP contribution in [-0.2, 0) is 0 Å². The molecule has 6 heteroatoms. The average Bonchev–Trinajstić information content (AvgIpc) is 2.88. The van der Waals surface area contributed by atoms with Crippen molar-refractivity contribution in [3.8, 4) is 11.5 Å². The Morgan fingerprint density at radius 1 is 1.24 bits per heavy atom. The van der Waals surface area contributed by atoms with Crippen LogP contribution >= 0.6 is 0 Å². The zero-order valence-corrected chi connectivity index (χ0v) is 12.9. The Labute approximate surface area is 125 Å². The lowest BCUT2D eigenvalue weighted by Crippen LogP contribution is -2.33. The highest BCUT2D eigenvalue weighted by Crippen LogP contribution is 2.36. The maximum Gasteiger partial charge on any atom is 0.256 e. The molecule has 0 radical (unpaired) electrons. The molecule has 2 rings (SSSR count). The van der Waals surface area contributed by atoms with Crippen LogP contribution < -0.4 is 15.2 Å². The number of rotatable bonds is 6. The Morgan fingerprint density at radius 3 is 2.52 bits per heavy atom. The maximum absolute atomic E-state index is 12.6. The highest BCUT2D eigenvalue weighted by molar-refractivity contribution is 6.00. The molecule has 0 bridgehead atoms. The molecule has 0 saturated carbocycles. The van der Waals surface area contributed by atoms with Crippen LogP contribution in [0.5, 0.6) is 11.5 Å². The molecule has 0 fully saturated rings. The van der Waals surface area contributed by atoms with Gasteiger partial charge < -0.3 is 25.0 Å². The van der Waals surface area contributed by atoms with Gasteiger partial charge in [-0.2, -0.15) is 0 Å². The van der Waals surface area contributed by atoms with Gasteiger partial charge in [-0.15, -0.1) is 0 Å². The van der Waals surface area contributed by atoms with Crippen LogP contribution in [0.3, 0.4) is 0 Å². The van der Waals surface area contributed by atoms with Crippen molar-refractivity contribution in [1.82, 2.24) is 9.80 Å². The summed E-state index contributed by atoms with van der Waals surface area (Å²) in [7, 11) is 4.04. The number of anilines is 1. The summed E-state index contributed by atoms with van der Waals surface area (Å²) in [5.74, 6) is 1.11. The van der Waals surface area contributed by atoms with Gasteiger partial charge in [-0.1, -0.05) is 0 Å². The Morgan fingerprint density at radius 2 is 1.90 bits per heavy atom. The molecule has 116 valence electrons. The first-order chi connectivity index (χ1) is 10.0. The summed E-state index contributed by atoms with van der Waals surface area (Å²) in [5.41, 5.74) is 6.88. The summed E-state index contributed by atoms with van der Waals surface area (Å²) in [4.78, 5) is 16.5. The molecule has 0 atom stereocenters. The van der Waals surface area contributed by atoms with E-state index in [1.165, 1.54) is 0 Å². The first-order valence-electron chi connectivity index (χ1n) is 7.16. The van der Waals surface area contributed by atoms with Gasteiger partial charge in [-0.3, -0.25) is 4.79 Å². The second kappa shape index (κ2) is 6.67. The van der Waals surface area contributed by atoms with Gasteiger partial charge in [0.05, 0.1) is 5.56 Å². The van der Waals surface area contributed by atoms with Gasteiger partial charge >= 0.3 is 0 Å². The highest BCUT2D eigenvalue weighted by Gasteiger charge is 2.22. The fraction of sp³-hybridized carbons (Fsp3) is 0.533. The van der Waals surface area contributed by atoms with E-state index in [-0.39, 0.29) is 12.7 Å². The summed E-state index contributed by atoms with van der Waals surface area (Å²) in [5, 5.41) is 0. The Kier molecular flexibility index (Phi) is 4.90. The summed E-state index contributed by atoms with van der Waals surface area (Å²) >= 11 is 0. The SMILES string of the molecule is CCN(CCCN(C)C)C(=O)c1cc2c(cc1N)OCO2. The van der Waals surface area contributed by atoms with E-state index < -0.39 is 0 Å². The zero-order valence-electron chi connectivity index (χ0n) is 12.9. The quantitative estimate of drug-likeness (QED) is 0.803. The molecule has 1 heterocycles. The van der Waals surface area contributed by atoms with Crippen LogP contribution in [0, 0.1) is 0 Å². The lowest BCUT2D eigenvalue weighted by atomic mass is 10.1. The van der Waals surface area contributed by atoms with Gasteiger partial charge in [0.15, 0.2) is 11.5 Å². The van der Waals surface area contributed by atoms with E-state index in [1.54, 1.807) is 17.0 Å². The number of carbonyl (C=O) groups excluding carboxylic acids is 1. The van der Waals surface area contributed by atoms with Gasteiger partial charge in [0, 0.05) is 24.8 Å². The van der Waals surface area contributed by atoms with Gasteiger partial charge in [0.25, 0.3) is 5.91 Å². The van der Waals surface area contributed by atoms with E-state index in [9.17, 15) is 4.79 Å². The molecule has 0 unspecified atom stereocenters. The first kappa shape index (κ1) is 15.4. The van der Waals surface area contributed by atoms with E-state index in [0.717, 1.165) is 13.0 Å². The topological polar surface area (TPSA) is 68.0 Å². The van der Waals surface area contributed by atoms with Gasteiger partial charge in [-0.05, 0) is 40.1 Å². The van der Waals surface area contributed by atoms with Crippen LogP contribution in [0.25, 0.3) is 0 Å². The molecule has 0 aliphatic carbocycles. The van der Waals surface area contributed by atoms with Gasteiger partial charge in [-0.25, -0.2) is 0 Å². The minimum Gasteiger partial charge on any atom is -0.454 e. The van der Waals surface area contributed by atoms with Crippen LogP contribution in [0.1, 0.15) is 23.7 Å². The van der Waals surface area contributed by atoms with Crippen LogP contribution in [0.4, 0.5) is 5.69 Å². The lowest BCUT2D eigenvalue weighted by Gasteiger charge is -2.22. The predicted octanol–water partition coefficient (Wildman–Crippen LogP) is 1.41. The highest BCUT2D eigenvalue weighted by atomic mass is 16.7. The standard InChI is InChI=1S/C15H23N3O3/c1-4-18(7-5-6-17(2)3)15(19)11-8-13-14(9-12(11)16)21-10-20-13/h8-9H,4-7,10,16H2,1-3H3. The van der Waals surface area contributed by atoms with Crippen molar-refractivity contribution in [2.45, 2.75) is 13.3 Å². The van der Waals surface area contributed by atoms with Crippen LogP contribution in [-0.4, -0.2) is 56.2 Å². The normalized spacial score (nSPS) is 12.8. The molecule has 21 heavy (non-hydrogen) atoms. The second-order valence-corrected chi connectivity index (χ2v) is 5.33. The molecule has 1 aromatic rings. The number of nitrogen functional groups attached to an aromatic ring is 1. The Hall–Kier alpha value is -1.95. The fourth-order valence-electron chi connectivity index (χ4n) is 2.29.